The molecule has 0 aliphatic heterocycles. The summed E-state index contributed by atoms with van der Waals surface area (Å²) < 4.78 is 0. The van der Waals surface area contributed by atoms with Crippen molar-refractivity contribution in [3.63, 3.8) is 0 Å². The van der Waals surface area contributed by atoms with E-state index in [4.69, 9.17) is 5.11 Å². The molecule has 3 nitrogen and oxygen atoms in total. The average molecular weight is 398 g/mol. The number of carbonyl (C=O) groups is 2. The molecule has 1 N–H and O–H groups in total. The summed E-state index contributed by atoms with van der Waals surface area (Å²) in [6.07, 6.45) is 6.78. The van der Waals surface area contributed by atoms with Gasteiger partial charge in [0.2, 0.25) is 0 Å². The van der Waals surface area contributed by atoms with E-state index in [9.17, 15) is 9.59 Å². The van der Waals surface area contributed by atoms with Gasteiger partial charge in [0.05, 0.1) is 0 Å². The molecule has 0 atom stereocenters. The Labute approximate surface area is 168 Å². The van der Waals surface area contributed by atoms with Crippen molar-refractivity contribution < 1.29 is 31.8 Å². The number of rotatable bonds is 10. The molecule has 0 saturated carbocycles. The minimum Gasteiger partial charge on any atom is -0.757 e. The van der Waals surface area contributed by atoms with Crippen LogP contribution >= 0.6 is 0 Å². The zero-order chi connectivity index (χ0) is 18.5. The molecule has 0 fully saturated rings. The molecule has 2 aromatic carbocycles. The molecule has 0 aromatic heterocycles. The second-order valence-corrected chi connectivity index (χ2v) is 6.52. The van der Waals surface area contributed by atoms with Gasteiger partial charge in [-0.2, -0.15) is 24.6 Å². The summed E-state index contributed by atoms with van der Waals surface area (Å²) in [6.45, 7) is 4.05. The third-order valence-corrected chi connectivity index (χ3v) is 4.21. The maximum atomic E-state index is 11.9. The Morgan fingerprint density at radius 1 is 0.885 bits per heavy atom. The van der Waals surface area contributed by atoms with Crippen molar-refractivity contribution in [3.05, 3.63) is 59.2 Å². The molecule has 0 amide bonds. The van der Waals surface area contributed by atoms with E-state index in [1.165, 1.54) is 5.56 Å². The minimum absolute atomic E-state index is 0. The molecule has 0 aliphatic carbocycles. The second-order valence-electron chi connectivity index (χ2n) is 6.52. The Bertz CT molecular complexity index is 611. The van der Waals surface area contributed by atoms with Gasteiger partial charge in [0.15, 0.2) is 0 Å². The molecule has 150 valence electrons. The van der Waals surface area contributed by atoms with Gasteiger partial charge >= 0.3 is 5.97 Å². The quantitative estimate of drug-likeness (QED) is 0.238. The van der Waals surface area contributed by atoms with E-state index >= 15 is 0 Å². The van der Waals surface area contributed by atoms with Gasteiger partial charge in [0.25, 0.3) is 0 Å². The molecule has 0 heterocycles. The van der Waals surface area contributed by atoms with Gasteiger partial charge < -0.3 is 39.2 Å². The van der Waals surface area contributed by atoms with Crippen LogP contribution in [-0.2, 0) is 21.9 Å². The molecule has 0 saturated heterocycles. The molecule has 4 heteroatoms. The summed E-state index contributed by atoms with van der Waals surface area (Å²) in [5.41, 5.74) is 3.27. The van der Waals surface area contributed by atoms with Crippen LogP contribution < -0.4 is 0 Å². The van der Waals surface area contributed by atoms with Crippen molar-refractivity contribution in [2.45, 2.75) is 65.2 Å². The van der Waals surface area contributed by atoms with Gasteiger partial charge in [-0.15, -0.1) is 6.42 Å². The maximum absolute atomic E-state index is 11.9. The molecule has 0 spiro atoms. The normalized spacial score (nSPS) is 9.77. The summed E-state index contributed by atoms with van der Waals surface area (Å²) in [5, 5.41) is 8.49. The summed E-state index contributed by atoms with van der Waals surface area (Å²) >= 11 is 0. The number of hydrogen-bond acceptors (Lipinski definition) is 2. The van der Waals surface area contributed by atoms with Crippen molar-refractivity contribution in [3.8, 4) is 0 Å². The van der Waals surface area contributed by atoms with Gasteiger partial charge in [-0.1, -0.05) is 39.0 Å². The monoisotopic (exact) mass is 398 g/mol. The van der Waals surface area contributed by atoms with Gasteiger partial charge in [-0.3, -0.25) is 10.6 Å². The first-order chi connectivity index (χ1) is 12.0. The van der Waals surface area contributed by atoms with E-state index in [1.807, 2.05) is 37.3 Å². The number of carbonyl (C=O) groups excluding carboxylic acids is 1. The number of ketones is 1. The molecule has 0 radical (unpaired) electrons. The van der Waals surface area contributed by atoms with Gasteiger partial charge in [-0.05, 0) is 6.42 Å². The van der Waals surface area contributed by atoms with Crippen LogP contribution in [0.2, 0.25) is 0 Å². The van der Waals surface area contributed by atoms with Crippen LogP contribution in [0, 0.1) is 13.8 Å². The Morgan fingerprint density at radius 2 is 1.42 bits per heavy atom. The van der Waals surface area contributed by atoms with Crippen molar-refractivity contribution in [1.29, 1.82) is 0 Å². The first-order valence-electron chi connectivity index (χ1n) is 9.16. The fraction of sp³-hybridized carbons (Fsp3) is 0.455. The van der Waals surface area contributed by atoms with Gasteiger partial charge in [-0.25, -0.2) is 12.1 Å². The Hall–Kier alpha value is -1.64. The van der Waals surface area contributed by atoms with E-state index < -0.39 is 5.97 Å². The molecule has 26 heavy (non-hydrogen) atoms. The topological polar surface area (TPSA) is 54.4 Å². The zero-order valence-electron chi connectivity index (χ0n) is 15.8. The number of hydrogen-bond donors (Lipinski definition) is 1. The van der Waals surface area contributed by atoms with Gasteiger partial charge in [0, 0.05) is 23.5 Å². The number of aliphatic carboxylic acids is 1. The third kappa shape index (κ3) is 11.1. The van der Waals surface area contributed by atoms with Crippen molar-refractivity contribution in [2.24, 2.45) is 0 Å². The van der Waals surface area contributed by atoms with Crippen LogP contribution in [0.15, 0.2) is 42.5 Å². The van der Waals surface area contributed by atoms with E-state index in [0.29, 0.717) is 6.42 Å². The molecule has 0 bridgehead atoms. The first-order valence-corrected chi connectivity index (χ1v) is 9.16. The molecule has 2 rings (SSSR count). The predicted molar refractivity (Wildman–Crippen MR) is 102 cm³/mol. The van der Waals surface area contributed by atoms with E-state index in [0.717, 1.165) is 49.7 Å². The van der Waals surface area contributed by atoms with E-state index in [1.54, 1.807) is 0 Å². The Morgan fingerprint density at radius 3 is 1.85 bits per heavy atom. The smallest absolute Gasteiger partial charge is 0.303 e. The van der Waals surface area contributed by atoms with Crippen LogP contribution in [0.5, 0.6) is 0 Å². The minimum atomic E-state index is -0.712. The largest absolute Gasteiger partial charge is 0.757 e. The van der Waals surface area contributed by atoms with Crippen LogP contribution in [-0.4, -0.2) is 16.9 Å². The van der Waals surface area contributed by atoms with Crippen LogP contribution in [0.3, 0.4) is 0 Å². The first kappa shape index (κ1) is 24.4. The van der Waals surface area contributed by atoms with Gasteiger partial charge in [0.1, 0.15) is 0 Å². The molecular formula is C22H30FeO3-6. The van der Waals surface area contributed by atoms with E-state index in [-0.39, 0.29) is 29.3 Å². The summed E-state index contributed by atoms with van der Waals surface area (Å²) in [6, 6.07) is 14.0. The van der Waals surface area contributed by atoms with Crippen molar-refractivity contribution in [1.82, 2.24) is 0 Å². The maximum Gasteiger partial charge on any atom is 0.303 e. The molecule has 0 aliphatic rings. The molecular weight excluding hydrogens is 368 g/mol. The number of unbranched alkanes of at least 4 members (excludes halogenated alkanes) is 5. The number of carboxylic acid groups (broad SMARTS) is 1. The number of Topliss-reactive ketones (excluding diaryl/α,β-unsaturated/α-hetero) is 1. The summed E-state index contributed by atoms with van der Waals surface area (Å²) in [7, 11) is 0. The van der Waals surface area contributed by atoms with Crippen molar-refractivity contribution >= 4 is 11.8 Å². The summed E-state index contributed by atoms with van der Waals surface area (Å²) in [5.74, 6) is -0.468. The molecule has 2 aromatic rings. The zero-order valence-corrected chi connectivity index (χ0v) is 16.9. The predicted octanol–water partition coefficient (Wildman–Crippen LogP) is 5.81. The fourth-order valence-corrected chi connectivity index (χ4v) is 2.70. The average Bonchev–Trinajstić information content (AvgIpc) is 3.21. The number of aryl methyl sites for hydroxylation is 2. The van der Waals surface area contributed by atoms with E-state index in [2.05, 4.69) is 19.1 Å². The SMILES string of the molecule is C[c-]1[cH-][cH-][cH-][c-]1C(=O)CCCCCCCCC(=O)O.C[c-]1cccc1.[Fe]. The Balaban J connectivity index is 0.000000754. The fourth-order valence-electron chi connectivity index (χ4n) is 2.70. The summed E-state index contributed by atoms with van der Waals surface area (Å²) in [4.78, 5) is 22.2. The van der Waals surface area contributed by atoms with Crippen LogP contribution in [0.1, 0.15) is 72.9 Å². The third-order valence-electron chi connectivity index (χ3n) is 4.21. The number of carboxylic acids is 1. The van der Waals surface area contributed by atoms with Crippen LogP contribution in [0.25, 0.3) is 0 Å². The van der Waals surface area contributed by atoms with Crippen molar-refractivity contribution in [2.75, 3.05) is 0 Å². The second kappa shape index (κ2) is 14.5. The molecule has 0 unspecified atom stereocenters. The Kier molecular flexibility index (Phi) is 13.6. The standard InChI is InChI=1S/C16H23O3.C6H7.Fe/c1-13-9-8-10-14(13)15(17)11-6-4-2-3-5-7-12-16(18)19;1-6-4-2-3-5-6;/h8-10H,2-7,11-12H2,1H3,(H,18,19);2-5H,1H3;/q-5;-1;. The van der Waals surface area contributed by atoms with Crippen LogP contribution in [0.4, 0.5) is 0 Å².